The van der Waals surface area contributed by atoms with Crippen LogP contribution in [0.1, 0.15) is 67.2 Å². The third kappa shape index (κ3) is 9.67. The Hall–Kier alpha value is -2.85. The molecule has 7 N–H and O–H groups in total. The number of carbonyl (C=O) groups excluding carboxylic acids is 5. The van der Waals surface area contributed by atoms with Gasteiger partial charge in [-0.3, -0.25) is 19.2 Å². The van der Waals surface area contributed by atoms with E-state index in [0.29, 0.717) is 13.0 Å². The van der Waals surface area contributed by atoms with E-state index in [1.54, 1.807) is 20.8 Å². The van der Waals surface area contributed by atoms with Crippen LogP contribution in [0.5, 0.6) is 0 Å². The minimum Gasteiger partial charge on any atom is -0.436 e. The number of rotatable bonds is 9. The first-order valence-corrected chi connectivity index (χ1v) is 11.1. The monoisotopic (exact) mass is 469 g/mol. The van der Waals surface area contributed by atoms with Crippen molar-refractivity contribution in [2.75, 3.05) is 6.54 Å². The van der Waals surface area contributed by atoms with Gasteiger partial charge in [-0.2, -0.15) is 0 Å². The molecule has 11 nitrogen and oxygen atoms in total. The van der Waals surface area contributed by atoms with Crippen molar-refractivity contribution < 1.29 is 28.7 Å². The SMILES string of the molecule is CC(C)(C)CC(NC(=O)C(OC(N)=O)C(C)(C)C)C(=O)NC(C[C@@H]1CCCNC1=O)C(N)=O. The van der Waals surface area contributed by atoms with Crippen molar-refractivity contribution in [2.45, 2.75) is 85.4 Å². The maximum Gasteiger partial charge on any atom is 0.405 e. The summed E-state index contributed by atoms with van der Waals surface area (Å²) in [5.74, 6) is -2.70. The summed E-state index contributed by atoms with van der Waals surface area (Å²) in [5, 5.41) is 7.96. The molecule has 0 aromatic carbocycles. The second-order valence-electron chi connectivity index (χ2n) is 10.8. The molecule has 11 heteroatoms. The predicted octanol–water partition coefficient (Wildman–Crippen LogP) is 0.304. The fourth-order valence-electron chi connectivity index (χ4n) is 3.67. The minimum absolute atomic E-state index is 0.0679. The van der Waals surface area contributed by atoms with E-state index in [0.717, 1.165) is 6.42 Å². The van der Waals surface area contributed by atoms with Gasteiger partial charge in [0.15, 0.2) is 6.10 Å². The maximum atomic E-state index is 13.1. The van der Waals surface area contributed by atoms with Crippen LogP contribution in [0.25, 0.3) is 0 Å². The molecule has 0 aromatic rings. The molecule has 0 aromatic heterocycles. The summed E-state index contributed by atoms with van der Waals surface area (Å²) in [7, 11) is 0. The molecule has 1 heterocycles. The van der Waals surface area contributed by atoms with Crippen LogP contribution in [-0.4, -0.2) is 54.5 Å². The zero-order chi connectivity index (χ0) is 25.6. The van der Waals surface area contributed by atoms with Gasteiger partial charge < -0.3 is 32.2 Å². The van der Waals surface area contributed by atoms with Crippen LogP contribution in [0.2, 0.25) is 0 Å². The fourth-order valence-corrected chi connectivity index (χ4v) is 3.67. The van der Waals surface area contributed by atoms with Crippen molar-refractivity contribution in [3.05, 3.63) is 0 Å². The van der Waals surface area contributed by atoms with E-state index in [2.05, 4.69) is 16.0 Å². The number of nitrogens with one attached hydrogen (secondary N) is 3. The Bertz CT molecular complexity index is 755. The van der Waals surface area contributed by atoms with Crippen LogP contribution in [-0.2, 0) is 23.9 Å². The lowest BCUT2D eigenvalue weighted by molar-refractivity contribution is -0.139. The Morgan fingerprint density at radius 3 is 2.06 bits per heavy atom. The Labute approximate surface area is 195 Å². The van der Waals surface area contributed by atoms with Crippen LogP contribution in [0, 0.1) is 16.7 Å². The standard InChI is InChI=1S/C22H39N5O6/c1-21(2,3)11-14(27-19(31)15(22(4,5)6)33-20(24)32)18(30)26-13(16(23)28)10-12-8-7-9-25-17(12)29/h12-15H,7-11H2,1-6H3,(H2,23,28)(H2,24,32)(H,25,29)(H,26,30)(H,27,31)/t12-,13?,14?,15?/m0/s1. The summed E-state index contributed by atoms with van der Waals surface area (Å²) < 4.78 is 5.00. The van der Waals surface area contributed by atoms with Crippen LogP contribution < -0.4 is 27.4 Å². The summed E-state index contributed by atoms with van der Waals surface area (Å²) in [6, 6.07) is -2.12. The van der Waals surface area contributed by atoms with Gasteiger partial charge in [-0.1, -0.05) is 41.5 Å². The molecular formula is C22H39N5O6. The Morgan fingerprint density at radius 2 is 1.61 bits per heavy atom. The van der Waals surface area contributed by atoms with Crippen molar-refractivity contribution in [1.82, 2.24) is 16.0 Å². The second-order valence-corrected chi connectivity index (χ2v) is 10.8. The Balaban J connectivity index is 3.04. The van der Waals surface area contributed by atoms with Gasteiger partial charge >= 0.3 is 6.09 Å². The zero-order valence-corrected chi connectivity index (χ0v) is 20.4. The largest absolute Gasteiger partial charge is 0.436 e. The van der Waals surface area contributed by atoms with Gasteiger partial charge in [-0.25, -0.2) is 4.79 Å². The van der Waals surface area contributed by atoms with Crippen molar-refractivity contribution in [1.29, 1.82) is 0 Å². The van der Waals surface area contributed by atoms with Crippen LogP contribution in [0.15, 0.2) is 0 Å². The van der Waals surface area contributed by atoms with Crippen LogP contribution in [0.3, 0.4) is 0 Å². The number of nitrogens with two attached hydrogens (primary N) is 2. The summed E-state index contributed by atoms with van der Waals surface area (Å²) in [6.45, 7) is 11.3. The van der Waals surface area contributed by atoms with Gasteiger partial charge in [0.05, 0.1) is 0 Å². The summed E-state index contributed by atoms with van der Waals surface area (Å²) in [6.07, 6.45) is -0.686. The van der Waals surface area contributed by atoms with E-state index in [1.165, 1.54) is 0 Å². The van der Waals surface area contributed by atoms with Crippen LogP contribution in [0.4, 0.5) is 4.79 Å². The van der Waals surface area contributed by atoms with Gasteiger partial charge in [0.2, 0.25) is 17.7 Å². The molecule has 33 heavy (non-hydrogen) atoms. The number of primary amides is 2. The highest BCUT2D eigenvalue weighted by atomic mass is 16.6. The minimum atomic E-state index is -1.23. The molecule has 1 saturated heterocycles. The Morgan fingerprint density at radius 1 is 1.03 bits per heavy atom. The molecule has 0 aliphatic carbocycles. The number of hydrogen-bond donors (Lipinski definition) is 5. The lowest BCUT2D eigenvalue weighted by Gasteiger charge is -2.32. The smallest absolute Gasteiger partial charge is 0.405 e. The third-order valence-corrected chi connectivity index (χ3v) is 5.29. The fraction of sp³-hybridized carbons (Fsp3) is 0.773. The molecule has 3 unspecified atom stereocenters. The maximum absolute atomic E-state index is 13.1. The molecule has 1 aliphatic heterocycles. The molecule has 1 aliphatic rings. The molecule has 0 saturated carbocycles. The van der Waals surface area contributed by atoms with E-state index in [-0.39, 0.29) is 24.2 Å². The number of piperidine rings is 1. The first kappa shape index (κ1) is 28.2. The first-order chi connectivity index (χ1) is 15.0. The average Bonchev–Trinajstić information content (AvgIpc) is 2.64. The molecule has 188 valence electrons. The average molecular weight is 470 g/mol. The highest BCUT2D eigenvalue weighted by Crippen LogP contribution is 2.25. The van der Waals surface area contributed by atoms with Crippen LogP contribution >= 0.6 is 0 Å². The summed E-state index contributed by atoms with van der Waals surface area (Å²) in [5.41, 5.74) is 9.45. The highest BCUT2D eigenvalue weighted by molar-refractivity contribution is 5.93. The van der Waals surface area contributed by atoms with Crippen molar-refractivity contribution in [3.8, 4) is 0 Å². The normalized spacial score (nSPS) is 19.5. The van der Waals surface area contributed by atoms with E-state index >= 15 is 0 Å². The lowest BCUT2D eigenvalue weighted by Crippen LogP contribution is -2.57. The van der Waals surface area contributed by atoms with E-state index < -0.39 is 53.3 Å². The number of carbonyl (C=O) groups is 5. The molecule has 0 radical (unpaired) electrons. The molecule has 1 rings (SSSR count). The van der Waals surface area contributed by atoms with Gasteiger partial charge in [0.25, 0.3) is 5.91 Å². The van der Waals surface area contributed by atoms with Gasteiger partial charge in [-0.15, -0.1) is 0 Å². The van der Waals surface area contributed by atoms with Gasteiger partial charge in [0, 0.05) is 17.9 Å². The van der Waals surface area contributed by atoms with Gasteiger partial charge in [0.1, 0.15) is 12.1 Å². The molecule has 0 bridgehead atoms. The molecule has 1 fully saturated rings. The number of ether oxygens (including phenoxy) is 1. The summed E-state index contributed by atoms with van der Waals surface area (Å²) in [4.78, 5) is 61.5. The topological polar surface area (TPSA) is 183 Å². The number of amides is 5. The van der Waals surface area contributed by atoms with Crippen molar-refractivity contribution in [3.63, 3.8) is 0 Å². The Kier molecular flexibility index (Phi) is 9.68. The van der Waals surface area contributed by atoms with E-state index in [9.17, 15) is 24.0 Å². The first-order valence-electron chi connectivity index (χ1n) is 11.1. The number of hydrogen-bond acceptors (Lipinski definition) is 6. The second kappa shape index (κ2) is 11.3. The van der Waals surface area contributed by atoms with Crippen molar-refractivity contribution in [2.24, 2.45) is 28.2 Å². The van der Waals surface area contributed by atoms with Gasteiger partial charge in [-0.05, 0) is 31.1 Å². The highest BCUT2D eigenvalue weighted by Gasteiger charge is 2.38. The lowest BCUT2D eigenvalue weighted by atomic mass is 9.85. The van der Waals surface area contributed by atoms with Crippen molar-refractivity contribution >= 4 is 29.7 Å². The summed E-state index contributed by atoms with van der Waals surface area (Å²) >= 11 is 0. The van der Waals surface area contributed by atoms with E-state index in [1.807, 2.05) is 20.8 Å². The predicted molar refractivity (Wildman–Crippen MR) is 121 cm³/mol. The quantitative estimate of drug-likeness (QED) is 0.323. The zero-order valence-electron chi connectivity index (χ0n) is 20.4. The third-order valence-electron chi connectivity index (χ3n) is 5.29. The van der Waals surface area contributed by atoms with E-state index in [4.69, 9.17) is 16.2 Å². The molecule has 4 atom stereocenters. The molecular weight excluding hydrogens is 430 g/mol. The molecule has 5 amide bonds. The molecule has 0 spiro atoms.